The summed E-state index contributed by atoms with van der Waals surface area (Å²) in [6.45, 7) is 3.13. The monoisotopic (exact) mass is 588 g/mol. The second-order valence-corrected chi connectivity index (χ2v) is 12.3. The molecule has 2 aromatic carbocycles. The summed E-state index contributed by atoms with van der Waals surface area (Å²) in [6, 6.07) is 12.4. The molecular formula is C31H42Cl2N4O3. The highest BCUT2D eigenvalue weighted by Crippen LogP contribution is 2.38. The minimum atomic E-state index is -0.468. The third-order valence-corrected chi connectivity index (χ3v) is 9.37. The van der Waals surface area contributed by atoms with Crippen molar-refractivity contribution in [2.75, 3.05) is 47.3 Å². The summed E-state index contributed by atoms with van der Waals surface area (Å²) in [7, 11) is 5.55. The van der Waals surface area contributed by atoms with Gasteiger partial charge in [0.2, 0.25) is 5.91 Å². The molecule has 0 radical (unpaired) electrons. The third-order valence-electron chi connectivity index (χ3n) is 8.63. The van der Waals surface area contributed by atoms with Crippen LogP contribution in [-0.2, 0) is 4.79 Å². The second-order valence-electron chi connectivity index (χ2n) is 11.5. The Bertz CT molecular complexity index is 1170. The van der Waals surface area contributed by atoms with E-state index < -0.39 is 5.54 Å². The number of nitrogens with one attached hydrogen (secondary N) is 1. The largest absolute Gasteiger partial charge is 0.508 e. The molecular weight excluding hydrogens is 547 g/mol. The van der Waals surface area contributed by atoms with Gasteiger partial charge in [0, 0.05) is 45.2 Å². The standard InChI is InChI=1S/C31H42Cl2N4O3/c1-35(2)30(40)31(15-17-34-18-16-31)37-19-5-4-6-25(37)11-7-24(23-10-14-27(32)28(33)20-23)21-36(3)29(39)22-8-12-26(38)13-9-22/h8-10,12-14,20,24-25,34,38H,4-7,11,15-19,21H2,1-3H3. The van der Waals surface area contributed by atoms with Crippen molar-refractivity contribution in [1.29, 1.82) is 0 Å². The summed E-state index contributed by atoms with van der Waals surface area (Å²) in [5.41, 5.74) is 1.11. The van der Waals surface area contributed by atoms with Crippen LogP contribution in [0, 0.1) is 0 Å². The molecule has 218 valence electrons. The predicted octanol–water partition coefficient (Wildman–Crippen LogP) is 5.40. The first-order valence-corrected chi connectivity index (χ1v) is 15.1. The Hall–Kier alpha value is -2.32. The number of phenols is 1. The van der Waals surface area contributed by atoms with Gasteiger partial charge in [-0.25, -0.2) is 0 Å². The smallest absolute Gasteiger partial charge is 0.253 e. The van der Waals surface area contributed by atoms with E-state index in [-0.39, 0.29) is 23.5 Å². The number of hydrogen-bond acceptors (Lipinski definition) is 5. The van der Waals surface area contributed by atoms with E-state index in [2.05, 4.69) is 10.2 Å². The van der Waals surface area contributed by atoms with Crippen molar-refractivity contribution >= 4 is 35.0 Å². The maximum atomic E-state index is 13.6. The first-order valence-electron chi connectivity index (χ1n) is 14.3. The molecule has 2 amide bonds. The Labute approximate surface area is 248 Å². The summed E-state index contributed by atoms with van der Waals surface area (Å²) in [4.78, 5) is 32.9. The van der Waals surface area contributed by atoms with E-state index in [0.717, 1.165) is 70.1 Å². The zero-order valence-electron chi connectivity index (χ0n) is 23.8. The summed E-state index contributed by atoms with van der Waals surface area (Å²) in [5, 5.41) is 14.1. The number of piperidine rings is 2. The van der Waals surface area contributed by atoms with Gasteiger partial charge in [-0.2, -0.15) is 0 Å². The maximum absolute atomic E-state index is 13.6. The Morgan fingerprint density at radius 2 is 1.75 bits per heavy atom. The number of aromatic hydroxyl groups is 1. The van der Waals surface area contributed by atoms with Crippen LogP contribution in [-0.4, -0.2) is 90.5 Å². The highest BCUT2D eigenvalue weighted by Gasteiger charge is 2.48. The summed E-state index contributed by atoms with van der Waals surface area (Å²) in [6.07, 6.45) is 6.72. The zero-order chi connectivity index (χ0) is 28.9. The number of nitrogens with zero attached hydrogens (tertiary/aromatic N) is 3. The maximum Gasteiger partial charge on any atom is 0.253 e. The van der Waals surface area contributed by atoms with Gasteiger partial charge in [-0.15, -0.1) is 0 Å². The third kappa shape index (κ3) is 6.93. The van der Waals surface area contributed by atoms with Gasteiger partial charge in [-0.05, 0) is 100 Å². The van der Waals surface area contributed by atoms with Crippen molar-refractivity contribution in [2.24, 2.45) is 0 Å². The highest BCUT2D eigenvalue weighted by molar-refractivity contribution is 6.42. The Morgan fingerprint density at radius 3 is 2.40 bits per heavy atom. The molecule has 40 heavy (non-hydrogen) atoms. The molecule has 2 aliphatic rings. The molecule has 7 nitrogen and oxygen atoms in total. The summed E-state index contributed by atoms with van der Waals surface area (Å²) in [5.74, 6) is 0.276. The van der Waals surface area contributed by atoms with Gasteiger partial charge in [0.1, 0.15) is 11.3 Å². The van der Waals surface area contributed by atoms with E-state index in [1.807, 2.05) is 39.3 Å². The van der Waals surface area contributed by atoms with Gasteiger partial charge in [0.15, 0.2) is 0 Å². The van der Waals surface area contributed by atoms with E-state index in [1.165, 1.54) is 12.1 Å². The minimum absolute atomic E-state index is 0.0399. The molecule has 2 fully saturated rings. The summed E-state index contributed by atoms with van der Waals surface area (Å²) < 4.78 is 0. The number of hydrogen-bond donors (Lipinski definition) is 2. The topological polar surface area (TPSA) is 76.1 Å². The molecule has 2 saturated heterocycles. The van der Waals surface area contributed by atoms with Crippen LogP contribution in [0.1, 0.15) is 66.8 Å². The van der Waals surface area contributed by atoms with Crippen LogP contribution >= 0.6 is 23.2 Å². The average Bonchev–Trinajstić information content (AvgIpc) is 2.96. The number of phenolic OH excluding ortho intramolecular Hbond substituents is 1. The first-order chi connectivity index (χ1) is 19.1. The number of carbonyl (C=O) groups is 2. The highest BCUT2D eigenvalue weighted by atomic mass is 35.5. The number of benzene rings is 2. The lowest BCUT2D eigenvalue weighted by molar-refractivity contribution is -0.148. The molecule has 0 aromatic heterocycles. The number of amides is 2. The van der Waals surface area contributed by atoms with Crippen molar-refractivity contribution in [3.8, 4) is 5.75 Å². The van der Waals surface area contributed by atoms with Crippen LogP contribution in [0.15, 0.2) is 42.5 Å². The van der Waals surface area contributed by atoms with Crippen LogP contribution in [0.3, 0.4) is 0 Å². The van der Waals surface area contributed by atoms with Crippen molar-refractivity contribution < 1.29 is 14.7 Å². The van der Waals surface area contributed by atoms with Gasteiger partial charge in [0.05, 0.1) is 10.0 Å². The first kappa shape index (κ1) is 30.6. The lowest BCUT2D eigenvalue weighted by Gasteiger charge is -2.51. The van der Waals surface area contributed by atoms with Crippen molar-refractivity contribution in [1.82, 2.24) is 20.0 Å². The predicted molar refractivity (Wildman–Crippen MR) is 161 cm³/mol. The van der Waals surface area contributed by atoms with Gasteiger partial charge >= 0.3 is 0 Å². The molecule has 9 heteroatoms. The van der Waals surface area contributed by atoms with Crippen molar-refractivity contribution in [3.05, 3.63) is 63.6 Å². The van der Waals surface area contributed by atoms with Gasteiger partial charge in [0.25, 0.3) is 5.91 Å². The van der Waals surface area contributed by atoms with E-state index >= 15 is 0 Å². The van der Waals surface area contributed by atoms with Crippen LogP contribution < -0.4 is 5.32 Å². The van der Waals surface area contributed by atoms with Crippen LogP contribution in [0.25, 0.3) is 0 Å². The molecule has 0 bridgehead atoms. The van der Waals surface area contributed by atoms with Crippen molar-refractivity contribution in [2.45, 2.75) is 62.4 Å². The number of halogens is 2. The number of rotatable bonds is 9. The fraction of sp³-hybridized carbons (Fsp3) is 0.548. The Balaban J connectivity index is 1.56. The summed E-state index contributed by atoms with van der Waals surface area (Å²) >= 11 is 12.7. The van der Waals surface area contributed by atoms with Gasteiger partial charge in [-0.1, -0.05) is 35.7 Å². The Kier molecular flexibility index (Phi) is 10.4. The fourth-order valence-electron chi connectivity index (χ4n) is 6.51. The quantitative estimate of drug-likeness (QED) is 0.410. The number of carbonyl (C=O) groups excluding carboxylic acids is 2. The second kappa shape index (κ2) is 13.6. The molecule has 2 N–H and O–H groups in total. The zero-order valence-corrected chi connectivity index (χ0v) is 25.3. The van der Waals surface area contributed by atoms with E-state index in [9.17, 15) is 14.7 Å². The van der Waals surface area contributed by atoms with E-state index in [4.69, 9.17) is 23.2 Å². The van der Waals surface area contributed by atoms with Gasteiger partial charge < -0.3 is 20.2 Å². The molecule has 2 unspecified atom stereocenters. The lowest BCUT2D eigenvalue weighted by atomic mass is 9.80. The molecule has 0 saturated carbocycles. The molecule has 2 aromatic rings. The molecule has 4 rings (SSSR count). The SMILES string of the molecule is CN(C)C(=O)C1(N2CCCCC2CCC(CN(C)C(=O)c2ccc(O)cc2)c2ccc(Cl)c(Cl)c2)CCNCC1. The molecule has 2 atom stereocenters. The van der Waals surface area contributed by atoms with E-state index in [1.54, 1.807) is 21.9 Å². The van der Waals surface area contributed by atoms with Crippen molar-refractivity contribution in [3.63, 3.8) is 0 Å². The minimum Gasteiger partial charge on any atom is -0.508 e. The van der Waals surface area contributed by atoms with Crippen LogP contribution in [0.4, 0.5) is 0 Å². The number of likely N-dealkylation sites (tertiary alicyclic amines) is 1. The Morgan fingerprint density at radius 1 is 1.05 bits per heavy atom. The van der Waals surface area contributed by atoms with Crippen LogP contribution in [0.5, 0.6) is 5.75 Å². The number of likely N-dealkylation sites (N-methyl/N-ethyl adjacent to an activating group) is 2. The fourth-order valence-corrected chi connectivity index (χ4v) is 6.81. The van der Waals surface area contributed by atoms with Crippen LogP contribution in [0.2, 0.25) is 10.0 Å². The van der Waals surface area contributed by atoms with Gasteiger partial charge in [-0.3, -0.25) is 14.5 Å². The average molecular weight is 590 g/mol. The molecule has 2 aliphatic heterocycles. The van der Waals surface area contributed by atoms with E-state index in [0.29, 0.717) is 28.2 Å². The molecule has 2 heterocycles. The molecule has 0 aliphatic carbocycles. The lowest BCUT2D eigenvalue weighted by Crippen LogP contribution is -2.66. The normalized spacial score (nSPS) is 20.1. The molecule has 0 spiro atoms.